The lowest BCUT2D eigenvalue weighted by Gasteiger charge is -2.32. The van der Waals surface area contributed by atoms with Crippen molar-refractivity contribution in [1.82, 2.24) is 4.98 Å². The number of nitrogens with one attached hydrogen (secondary N) is 1. The lowest BCUT2D eigenvalue weighted by Crippen LogP contribution is -2.33. The topological polar surface area (TPSA) is 38.1 Å². The van der Waals surface area contributed by atoms with Crippen LogP contribution >= 0.6 is 0 Å². The number of nitrogens with zero attached hydrogens (tertiary/aromatic N) is 1. The number of rotatable bonds is 2. The van der Waals surface area contributed by atoms with E-state index in [1.807, 2.05) is 24.3 Å². The first-order valence-electron chi connectivity index (χ1n) is 5.43. The van der Waals surface area contributed by atoms with E-state index < -0.39 is 0 Å². The van der Waals surface area contributed by atoms with Crippen LogP contribution in [0.2, 0.25) is 0 Å². The van der Waals surface area contributed by atoms with Crippen LogP contribution in [-0.2, 0) is 0 Å². The first-order valence-corrected chi connectivity index (χ1v) is 5.43. The van der Waals surface area contributed by atoms with Gasteiger partial charge in [0.15, 0.2) is 5.58 Å². The van der Waals surface area contributed by atoms with E-state index in [0.29, 0.717) is 12.1 Å². The molecule has 0 bridgehead atoms. The Morgan fingerprint density at radius 2 is 2.13 bits per heavy atom. The Labute approximate surface area is 88.5 Å². The van der Waals surface area contributed by atoms with E-state index in [1.165, 1.54) is 12.8 Å². The molecule has 3 nitrogen and oxygen atoms in total. The van der Waals surface area contributed by atoms with Crippen LogP contribution in [-0.4, -0.2) is 11.0 Å². The van der Waals surface area contributed by atoms with Crippen molar-refractivity contribution in [3.05, 3.63) is 24.3 Å². The number of benzene rings is 1. The van der Waals surface area contributed by atoms with Crippen molar-refractivity contribution < 1.29 is 4.42 Å². The Kier molecular flexibility index (Phi) is 1.91. The average Bonchev–Trinajstić information content (AvgIpc) is 2.57. The third-order valence-electron chi connectivity index (χ3n) is 3.00. The SMILES string of the molecule is CC1CC(Nc2nc3ccccc3o2)C1. The van der Waals surface area contributed by atoms with Gasteiger partial charge in [0.2, 0.25) is 0 Å². The van der Waals surface area contributed by atoms with Gasteiger partial charge >= 0.3 is 0 Å². The lowest BCUT2D eigenvalue weighted by atomic mass is 9.82. The Bertz CT molecular complexity index is 438. The van der Waals surface area contributed by atoms with Gasteiger partial charge in [-0.3, -0.25) is 0 Å². The highest BCUT2D eigenvalue weighted by Crippen LogP contribution is 2.30. The number of fused-ring (bicyclic) bond motifs is 1. The summed E-state index contributed by atoms with van der Waals surface area (Å²) in [5, 5.41) is 3.32. The minimum atomic E-state index is 0.549. The van der Waals surface area contributed by atoms with E-state index in [4.69, 9.17) is 4.42 Å². The average molecular weight is 202 g/mol. The monoisotopic (exact) mass is 202 g/mol. The molecular formula is C12H14N2O. The third kappa shape index (κ3) is 1.58. The molecule has 0 atom stereocenters. The van der Waals surface area contributed by atoms with E-state index in [2.05, 4.69) is 17.2 Å². The molecule has 15 heavy (non-hydrogen) atoms. The largest absolute Gasteiger partial charge is 0.424 e. The molecule has 0 saturated heterocycles. The van der Waals surface area contributed by atoms with Crippen LogP contribution in [0.5, 0.6) is 0 Å². The Balaban J connectivity index is 1.80. The minimum Gasteiger partial charge on any atom is -0.424 e. The van der Waals surface area contributed by atoms with Gasteiger partial charge in [0.05, 0.1) is 0 Å². The molecule has 0 unspecified atom stereocenters. The van der Waals surface area contributed by atoms with E-state index in [1.54, 1.807) is 0 Å². The van der Waals surface area contributed by atoms with Crippen molar-refractivity contribution in [3.63, 3.8) is 0 Å². The van der Waals surface area contributed by atoms with Crippen molar-refractivity contribution >= 4 is 17.1 Å². The van der Waals surface area contributed by atoms with Crippen molar-refractivity contribution in [2.24, 2.45) is 5.92 Å². The molecule has 0 amide bonds. The maximum atomic E-state index is 5.59. The van der Waals surface area contributed by atoms with Gasteiger partial charge in [-0.25, -0.2) is 0 Å². The van der Waals surface area contributed by atoms with E-state index >= 15 is 0 Å². The molecule has 1 aliphatic rings. The number of aromatic nitrogens is 1. The molecule has 2 aromatic rings. The van der Waals surface area contributed by atoms with Crippen LogP contribution in [0, 0.1) is 5.92 Å². The molecule has 1 aliphatic carbocycles. The molecule has 1 saturated carbocycles. The van der Waals surface area contributed by atoms with Crippen molar-refractivity contribution in [3.8, 4) is 0 Å². The maximum absolute atomic E-state index is 5.59. The van der Waals surface area contributed by atoms with Crippen LogP contribution in [0.4, 0.5) is 6.01 Å². The number of hydrogen-bond acceptors (Lipinski definition) is 3. The summed E-state index contributed by atoms with van der Waals surface area (Å²) in [6, 6.07) is 9.05. The molecule has 1 heterocycles. The van der Waals surface area contributed by atoms with Crippen LogP contribution < -0.4 is 5.32 Å². The summed E-state index contributed by atoms with van der Waals surface area (Å²) in [5.41, 5.74) is 1.78. The quantitative estimate of drug-likeness (QED) is 0.813. The molecule has 0 spiro atoms. The van der Waals surface area contributed by atoms with Crippen LogP contribution in [0.3, 0.4) is 0 Å². The fourth-order valence-corrected chi connectivity index (χ4v) is 2.13. The maximum Gasteiger partial charge on any atom is 0.295 e. The van der Waals surface area contributed by atoms with Crippen molar-refractivity contribution in [2.45, 2.75) is 25.8 Å². The minimum absolute atomic E-state index is 0.549. The predicted octanol–water partition coefficient (Wildman–Crippen LogP) is 3.04. The highest BCUT2D eigenvalue weighted by atomic mass is 16.4. The smallest absolute Gasteiger partial charge is 0.295 e. The number of anilines is 1. The summed E-state index contributed by atoms with van der Waals surface area (Å²) in [6.45, 7) is 2.27. The van der Waals surface area contributed by atoms with Crippen LogP contribution in [0.25, 0.3) is 11.1 Å². The predicted molar refractivity (Wildman–Crippen MR) is 59.8 cm³/mol. The third-order valence-corrected chi connectivity index (χ3v) is 3.00. The second kappa shape index (κ2) is 3.26. The van der Waals surface area contributed by atoms with Gasteiger partial charge in [0.1, 0.15) is 5.52 Å². The Morgan fingerprint density at radius 1 is 1.33 bits per heavy atom. The fraction of sp³-hybridized carbons (Fsp3) is 0.417. The molecular weight excluding hydrogens is 188 g/mol. The standard InChI is InChI=1S/C12H14N2O/c1-8-6-9(7-8)13-12-14-10-4-2-3-5-11(10)15-12/h2-5,8-9H,6-7H2,1H3,(H,13,14). The molecule has 1 fully saturated rings. The molecule has 1 N–H and O–H groups in total. The summed E-state index contributed by atoms with van der Waals surface area (Å²) in [7, 11) is 0. The fourth-order valence-electron chi connectivity index (χ4n) is 2.13. The Morgan fingerprint density at radius 3 is 2.87 bits per heavy atom. The summed E-state index contributed by atoms with van der Waals surface area (Å²) in [5.74, 6) is 0.840. The van der Waals surface area contributed by atoms with Crippen molar-refractivity contribution in [1.29, 1.82) is 0 Å². The van der Waals surface area contributed by atoms with Gasteiger partial charge in [-0.1, -0.05) is 19.1 Å². The first kappa shape index (κ1) is 8.77. The zero-order chi connectivity index (χ0) is 10.3. The van der Waals surface area contributed by atoms with Gasteiger partial charge < -0.3 is 9.73 Å². The van der Waals surface area contributed by atoms with Gasteiger partial charge in [0, 0.05) is 6.04 Å². The summed E-state index contributed by atoms with van der Waals surface area (Å²) < 4.78 is 5.59. The number of para-hydroxylation sites is 2. The molecule has 0 radical (unpaired) electrons. The highest BCUT2D eigenvalue weighted by Gasteiger charge is 2.26. The molecule has 0 aliphatic heterocycles. The van der Waals surface area contributed by atoms with E-state index in [-0.39, 0.29) is 0 Å². The summed E-state index contributed by atoms with van der Waals surface area (Å²) in [6.07, 6.45) is 2.44. The molecule has 3 rings (SSSR count). The second-order valence-electron chi connectivity index (χ2n) is 4.40. The summed E-state index contributed by atoms with van der Waals surface area (Å²) in [4.78, 5) is 4.38. The second-order valence-corrected chi connectivity index (χ2v) is 4.40. The normalized spacial score (nSPS) is 25.1. The number of oxazole rings is 1. The number of hydrogen-bond donors (Lipinski definition) is 1. The van der Waals surface area contributed by atoms with E-state index in [9.17, 15) is 0 Å². The zero-order valence-corrected chi connectivity index (χ0v) is 8.73. The first-order chi connectivity index (χ1) is 7.31. The Hall–Kier alpha value is -1.51. The highest BCUT2D eigenvalue weighted by molar-refractivity contribution is 5.74. The van der Waals surface area contributed by atoms with Gasteiger partial charge in [-0.15, -0.1) is 0 Å². The van der Waals surface area contributed by atoms with Crippen molar-refractivity contribution in [2.75, 3.05) is 5.32 Å². The van der Waals surface area contributed by atoms with Crippen LogP contribution in [0.15, 0.2) is 28.7 Å². The molecule has 1 aromatic carbocycles. The zero-order valence-electron chi connectivity index (χ0n) is 8.73. The van der Waals surface area contributed by atoms with Gasteiger partial charge in [-0.2, -0.15) is 4.98 Å². The molecule has 1 aromatic heterocycles. The molecule has 78 valence electrons. The van der Waals surface area contributed by atoms with Gasteiger partial charge in [-0.05, 0) is 30.9 Å². The van der Waals surface area contributed by atoms with Crippen LogP contribution in [0.1, 0.15) is 19.8 Å². The summed E-state index contributed by atoms with van der Waals surface area (Å²) >= 11 is 0. The lowest BCUT2D eigenvalue weighted by molar-refractivity contribution is 0.304. The van der Waals surface area contributed by atoms with E-state index in [0.717, 1.165) is 17.0 Å². The molecule has 3 heteroatoms. The van der Waals surface area contributed by atoms with Gasteiger partial charge in [0.25, 0.3) is 6.01 Å².